The fourth-order valence-electron chi connectivity index (χ4n) is 3.22. The van der Waals surface area contributed by atoms with Crippen molar-refractivity contribution in [3.8, 4) is 0 Å². The van der Waals surface area contributed by atoms with Gasteiger partial charge in [0.1, 0.15) is 12.6 Å². The van der Waals surface area contributed by atoms with E-state index in [0.717, 1.165) is 21.9 Å². The van der Waals surface area contributed by atoms with Gasteiger partial charge in [-0.2, -0.15) is 0 Å². The fraction of sp³-hybridized carbons (Fsp3) is 0.0909. The minimum atomic E-state index is -0.605. The summed E-state index contributed by atoms with van der Waals surface area (Å²) in [4.78, 5) is 25.9. The van der Waals surface area contributed by atoms with Crippen molar-refractivity contribution >= 4 is 28.8 Å². The summed E-state index contributed by atoms with van der Waals surface area (Å²) < 4.78 is 5.11. The normalized spacial score (nSPS) is 17.0. The van der Waals surface area contributed by atoms with Gasteiger partial charge in [-0.3, -0.25) is 4.79 Å². The van der Waals surface area contributed by atoms with Crippen molar-refractivity contribution in [3.63, 3.8) is 0 Å². The Morgan fingerprint density at radius 2 is 1.69 bits per heavy atom. The van der Waals surface area contributed by atoms with Gasteiger partial charge in [0.2, 0.25) is 0 Å². The number of rotatable bonds is 3. The molecule has 0 bridgehead atoms. The van der Waals surface area contributed by atoms with Crippen molar-refractivity contribution in [3.05, 3.63) is 90.0 Å². The van der Waals surface area contributed by atoms with Gasteiger partial charge in [-0.1, -0.05) is 72.8 Å². The van der Waals surface area contributed by atoms with Crippen LogP contribution in [0.25, 0.3) is 16.8 Å². The molecule has 1 atom stereocenters. The predicted octanol–water partition coefficient (Wildman–Crippen LogP) is 4.57. The number of imide groups is 1. The molecule has 4 rings (SSSR count). The van der Waals surface area contributed by atoms with Crippen LogP contribution in [0.3, 0.4) is 0 Å². The highest BCUT2D eigenvalue weighted by molar-refractivity contribution is 6.03. The number of carbonyl (C=O) groups is 2. The van der Waals surface area contributed by atoms with Crippen molar-refractivity contribution in [2.24, 2.45) is 0 Å². The van der Waals surface area contributed by atoms with E-state index in [1.54, 1.807) is 6.08 Å². The lowest BCUT2D eigenvalue weighted by Gasteiger charge is -2.18. The van der Waals surface area contributed by atoms with Crippen LogP contribution in [0, 0.1) is 0 Å². The van der Waals surface area contributed by atoms with Crippen molar-refractivity contribution in [1.82, 2.24) is 4.90 Å². The standard InChI is InChI=1S/C22H17NO3/c24-21(14-13-17-11-6-10-16-7-4-5-12-19(16)17)23-20(15-26-22(23)25)18-8-2-1-3-9-18/h1-14,20H,15H2/b14-13+/t20-/m1/s1. The van der Waals surface area contributed by atoms with Gasteiger partial charge in [-0.15, -0.1) is 0 Å². The maximum Gasteiger partial charge on any atom is 0.417 e. The second-order valence-corrected chi connectivity index (χ2v) is 6.11. The quantitative estimate of drug-likeness (QED) is 0.654. The monoisotopic (exact) mass is 343 g/mol. The number of ether oxygens (including phenoxy) is 1. The third-order valence-electron chi connectivity index (χ3n) is 4.52. The van der Waals surface area contributed by atoms with Crippen LogP contribution >= 0.6 is 0 Å². The molecule has 1 fully saturated rings. The first kappa shape index (κ1) is 16.1. The van der Waals surface area contributed by atoms with Gasteiger partial charge in [0, 0.05) is 6.08 Å². The highest BCUT2D eigenvalue weighted by Gasteiger charge is 2.37. The Balaban J connectivity index is 1.62. The van der Waals surface area contributed by atoms with Crippen molar-refractivity contribution in [2.45, 2.75) is 6.04 Å². The summed E-state index contributed by atoms with van der Waals surface area (Å²) in [5.74, 6) is -0.380. The van der Waals surface area contributed by atoms with Crippen LogP contribution in [-0.4, -0.2) is 23.5 Å². The summed E-state index contributed by atoms with van der Waals surface area (Å²) in [6.45, 7) is 0.177. The maximum absolute atomic E-state index is 12.7. The molecule has 0 aromatic heterocycles. The number of carbonyl (C=O) groups excluding carboxylic acids is 2. The van der Waals surface area contributed by atoms with E-state index < -0.39 is 12.1 Å². The molecule has 2 amide bonds. The molecule has 1 aliphatic rings. The van der Waals surface area contributed by atoms with Crippen LogP contribution in [0.2, 0.25) is 0 Å². The van der Waals surface area contributed by atoms with Crippen molar-refractivity contribution < 1.29 is 14.3 Å². The van der Waals surface area contributed by atoms with Crippen molar-refractivity contribution in [1.29, 1.82) is 0 Å². The molecular formula is C22H17NO3. The van der Waals surface area contributed by atoms with Gasteiger partial charge >= 0.3 is 6.09 Å². The van der Waals surface area contributed by atoms with E-state index in [2.05, 4.69) is 0 Å². The molecule has 3 aromatic carbocycles. The average Bonchev–Trinajstić information content (AvgIpc) is 3.08. The molecule has 0 radical (unpaired) electrons. The average molecular weight is 343 g/mol. The van der Waals surface area contributed by atoms with Gasteiger partial charge < -0.3 is 4.74 Å². The van der Waals surface area contributed by atoms with E-state index in [4.69, 9.17) is 4.74 Å². The van der Waals surface area contributed by atoms with Gasteiger partial charge in [0.25, 0.3) is 5.91 Å². The first-order valence-corrected chi connectivity index (χ1v) is 8.45. The summed E-state index contributed by atoms with van der Waals surface area (Å²) in [5.41, 5.74) is 1.81. The second-order valence-electron chi connectivity index (χ2n) is 6.11. The topological polar surface area (TPSA) is 46.6 Å². The molecule has 0 aliphatic carbocycles. The van der Waals surface area contributed by atoms with Gasteiger partial charge in [-0.25, -0.2) is 9.69 Å². The zero-order valence-corrected chi connectivity index (χ0v) is 14.0. The molecule has 1 saturated heterocycles. The number of hydrogen-bond donors (Lipinski definition) is 0. The fourth-order valence-corrected chi connectivity index (χ4v) is 3.22. The van der Waals surface area contributed by atoms with Crippen LogP contribution in [-0.2, 0) is 9.53 Å². The summed E-state index contributed by atoms with van der Waals surface area (Å²) >= 11 is 0. The molecule has 3 aromatic rings. The Labute approximate surface area is 151 Å². The molecule has 0 spiro atoms. The zero-order chi connectivity index (χ0) is 17.9. The third kappa shape index (κ3) is 2.97. The predicted molar refractivity (Wildman–Crippen MR) is 100 cm³/mol. The molecular weight excluding hydrogens is 326 g/mol. The lowest BCUT2D eigenvalue weighted by Crippen LogP contribution is -2.32. The van der Waals surface area contributed by atoms with Crippen LogP contribution < -0.4 is 0 Å². The summed E-state index contributed by atoms with van der Waals surface area (Å²) in [6.07, 6.45) is 2.58. The van der Waals surface area contributed by atoms with Crippen molar-refractivity contribution in [2.75, 3.05) is 6.61 Å². The Kier molecular flexibility index (Phi) is 4.23. The molecule has 128 valence electrons. The van der Waals surface area contributed by atoms with Gasteiger partial charge in [0.15, 0.2) is 0 Å². The Morgan fingerprint density at radius 3 is 2.54 bits per heavy atom. The number of benzene rings is 3. The number of amides is 2. The largest absolute Gasteiger partial charge is 0.446 e. The molecule has 0 unspecified atom stereocenters. The van der Waals surface area contributed by atoms with Crippen LogP contribution in [0.5, 0.6) is 0 Å². The minimum absolute atomic E-state index is 0.177. The van der Waals surface area contributed by atoms with Crippen LogP contribution in [0.1, 0.15) is 17.2 Å². The van der Waals surface area contributed by atoms with E-state index in [0.29, 0.717) is 0 Å². The number of fused-ring (bicyclic) bond motifs is 1. The summed E-state index contributed by atoms with van der Waals surface area (Å²) in [7, 11) is 0. The first-order valence-electron chi connectivity index (χ1n) is 8.45. The van der Waals surface area contributed by atoms with E-state index >= 15 is 0 Å². The lowest BCUT2D eigenvalue weighted by atomic mass is 10.0. The van der Waals surface area contributed by atoms with Gasteiger partial charge in [0.05, 0.1) is 0 Å². The molecule has 0 N–H and O–H groups in total. The molecule has 1 heterocycles. The molecule has 4 heteroatoms. The third-order valence-corrected chi connectivity index (χ3v) is 4.52. The highest BCUT2D eigenvalue weighted by Crippen LogP contribution is 2.28. The van der Waals surface area contributed by atoms with E-state index in [1.807, 2.05) is 72.8 Å². The van der Waals surface area contributed by atoms with Crippen LogP contribution in [0.15, 0.2) is 78.9 Å². The van der Waals surface area contributed by atoms with Crippen LogP contribution in [0.4, 0.5) is 4.79 Å². The summed E-state index contributed by atoms with van der Waals surface area (Å²) in [6, 6.07) is 22.9. The Bertz CT molecular complexity index is 989. The highest BCUT2D eigenvalue weighted by atomic mass is 16.6. The minimum Gasteiger partial charge on any atom is -0.446 e. The molecule has 4 nitrogen and oxygen atoms in total. The number of nitrogens with zero attached hydrogens (tertiary/aromatic N) is 1. The summed E-state index contributed by atoms with van der Waals surface area (Å²) in [5, 5.41) is 2.16. The zero-order valence-electron chi connectivity index (χ0n) is 14.0. The Hall–Kier alpha value is -3.40. The first-order chi connectivity index (χ1) is 12.7. The maximum atomic E-state index is 12.7. The van der Waals surface area contributed by atoms with Gasteiger partial charge in [-0.05, 0) is 28.0 Å². The van der Waals surface area contributed by atoms with E-state index in [9.17, 15) is 9.59 Å². The van der Waals surface area contributed by atoms with E-state index in [-0.39, 0.29) is 12.5 Å². The second kappa shape index (κ2) is 6.84. The molecule has 0 saturated carbocycles. The Morgan fingerprint density at radius 1 is 0.962 bits per heavy atom. The molecule has 26 heavy (non-hydrogen) atoms. The smallest absolute Gasteiger partial charge is 0.417 e. The lowest BCUT2D eigenvalue weighted by molar-refractivity contribution is -0.124. The van der Waals surface area contributed by atoms with E-state index in [1.165, 1.54) is 11.0 Å². The number of cyclic esters (lactones) is 1. The number of hydrogen-bond acceptors (Lipinski definition) is 3. The SMILES string of the molecule is O=C(/C=C/c1cccc2ccccc12)N1C(=O)OC[C@@H]1c1ccccc1. The molecule has 1 aliphatic heterocycles.